The number of fused-ring (bicyclic) bond motifs is 20. The molecule has 2 aromatic rings. The van der Waals surface area contributed by atoms with Crippen molar-refractivity contribution < 1.29 is 107 Å². The molecule has 0 aromatic heterocycles. The number of benzene rings is 2. The summed E-state index contributed by atoms with van der Waals surface area (Å²) in [5.41, 5.74) is 7.03. The summed E-state index contributed by atoms with van der Waals surface area (Å²) in [7, 11) is 4.80. The number of hydrogen-bond acceptors (Lipinski definition) is 26. The number of aromatic hydroxyl groups is 2. The molecule has 4 fully saturated rings. The predicted molar refractivity (Wildman–Crippen MR) is 371 cm³/mol. The van der Waals surface area contributed by atoms with Gasteiger partial charge >= 0.3 is 17.9 Å². The Morgan fingerprint density at radius 3 is 1.70 bits per heavy atom. The van der Waals surface area contributed by atoms with Gasteiger partial charge in [-0.1, -0.05) is 89.0 Å². The van der Waals surface area contributed by atoms with Crippen molar-refractivity contribution in [2.75, 3.05) is 47.6 Å². The second kappa shape index (κ2) is 39.8. The first kappa shape index (κ1) is 81.7. The lowest BCUT2D eigenvalue weighted by atomic mass is 9.94. The lowest BCUT2D eigenvalue weighted by molar-refractivity contribution is -0.146. The second-order valence-corrected chi connectivity index (χ2v) is 31.4. The number of carbonyl (C=O) groups excluding carboxylic acids is 13. The number of nitrogens with two attached hydrogens (primary N) is 1. The van der Waals surface area contributed by atoms with Gasteiger partial charge in [-0.25, -0.2) is 4.79 Å². The number of carboxylic acid groups (broad SMARTS) is 3. The standard InChI is InChI=1S/C60H79N13O22S6/c1-27-49(83)69-42-26-101-100-25-41-54(88)65-35(13-14-46(79)80)52(86)66-36(16-29-5-9-32(75)10-6-29)44(77)18-31(50(84)70-40(24-99-97-22-34(61)51(85)71-41)55(89)67-37(19-47(81)82)59(93)73-15-3-4-43(73)57(91)63-27)21-96-98-23-39(64-45(78)20-62-58(92)48(28(2)74)72-56(42)90)53(87)68-38(60(94)95)17-30-7-11-33(76)12-8-30/h5-12,27-28,31,34-43,48,74-76H,3-4,13-26,61H2,1-2H3,(H,62,92)(H,63,91)(H,64,78)(H,65,88)(H,66,86)(H,67,89)(H,68,87)(H,69,83)(H,70,84)(H,71,85)(H,72,90)(H,79,80)(H,81,82)(H,94,95)/t27-,28+,31-,34-,35-,36-,37-,38-,39-,40-,41-,42-,43-,48-/m0/s1. The van der Waals surface area contributed by atoms with E-state index < -0.39 is 247 Å². The molecular formula is C60H79N13O22S6. The lowest BCUT2D eigenvalue weighted by Crippen LogP contribution is -2.61. The number of hydrogen-bond donors (Lipinski definition) is 18. The first-order valence-corrected chi connectivity index (χ1v) is 38.9. The van der Waals surface area contributed by atoms with Crippen molar-refractivity contribution in [2.45, 2.75) is 144 Å². The van der Waals surface area contributed by atoms with Crippen LogP contribution in [0.1, 0.15) is 63.5 Å². The van der Waals surface area contributed by atoms with Crippen LogP contribution in [0.5, 0.6) is 11.5 Å². The van der Waals surface area contributed by atoms with E-state index >= 15 is 9.59 Å². The molecule has 4 aliphatic heterocycles. The van der Waals surface area contributed by atoms with Crippen LogP contribution in [0.25, 0.3) is 0 Å². The van der Waals surface area contributed by atoms with Crippen LogP contribution in [0.4, 0.5) is 0 Å². The summed E-state index contributed by atoms with van der Waals surface area (Å²) in [6.45, 7) is 1.14. The molecule has 6 rings (SSSR count). The van der Waals surface area contributed by atoms with Gasteiger partial charge in [-0.3, -0.25) is 71.9 Å². The maximum atomic E-state index is 15.2. The minimum Gasteiger partial charge on any atom is -0.508 e. The molecule has 0 saturated carbocycles. The topological polar surface area (TPSA) is 556 Å². The van der Waals surface area contributed by atoms with E-state index in [4.69, 9.17) is 5.73 Å². The maximum Gasteiger partial charge on any atom is 0.326 e. The number of nitrogens with one attached hydrogen (secondary N) is 11. The van der Waals surface area contributed by atoms with E-state index in [0.717, 1.165) is 76.6 Å². The second-order valence-electron chi connectivity index (χ2n) is 23.7. The third-order valence-electron chi connectivity index (χ3n) is 15.8. The first-order valence-electron chi connectivity index (χ1n) is 31.4. The fourth-order valence-corrected chi connectivity index (χ4v) is 17.3. The smallest absolute Gasteiger partial charge is 0.326 e. The van der Waals surface area contributed by atoms with E-state index in [2.05, 4.69) is 58.5 Å². The average Bonchev–Trinajstić information content (AvgIpc) is 1.75. The zero-order chi connectivity index (χ0) is 74.2. The fraction of sp³-hybridized carbons (Fsp3) is 0.533. The number of ketones is 1. The summed E-state index contributed by atoms with van der Waals surface area (Å²) in [6.07, 6.45) is -5.73. The van der Waals surface area contributed by atoms with E-state index in [1.165, 1.54) is 55.5 Å². The molecule has 2 aromatic carbocycles. The number of Topliss-reactive ketones (excluding diaryl/α,β-unsaturated/α-hetero) is 1. The first-order chi connectivity index (χ1) is 47.9. The number of nitrogens with zero attached hydrogens (tertiary/aromatic N) is 1. The Bertz CT molecular complexity index is 3400. The Balaban J connectivity index is 1.56. The largest absolute Gasteiger partial charge is 0.508 e. The quantitative estimate of drug-likeness (QED) is 0.0845. The molecule has 4 saturated heterocycles. The summed E-state index contributed by atoms with van der Waals surface area (Å²) < 4.78 is 0. The highest BCUT2D eigenvalue weighted by Gasteiger charge is 2.42. The summed E-state index contributed by atoms with van der Waals surface area (Å²) in [5, 5.41) is 88.1. The van der Waals surface area contributed by atoms with Gasteiger partial charge in [0.05, 0.1) is 37.1 Å². The zero-order valence-corrected chi connectivity index (χ0v) is 59.1. The Hall–Kier alpha value is -8.22. The molecule has 41 heteroatoms. The summed E-state index contributed by atoms with van der Waals surface area (Å²) in [5.74, 6) is -23.4. The van der Waals surface area contributed by atoms with Gasteiger partial charge in [-0.05, 0) is 74.9 Å². The third-order valence-corrected chi connectivity index (χ3v) is 23.2. The van der Waals surface area contributed by atoms with E-state index in [-0.39, 0.29) is 43.1 Å². The van der Waals surface area contributed by atoms with Crippen molar-refractivity contribution in [1.29, 1.82) is 0 Å². The van der Waals surface area contributed by atoms with Gasteiger partial charge in [0.2, 0.25) is 70.9 Å². The molecule has 4 heterocycles. The van der Waals surface area contributed by atoms with Gasteiger partial charge in [0, 0.05) is 60.3 Å². The minimum atomic E-state index is -1.96. The SMILES string of the molecule is C[C@@H]1NC(=O)[C@@H]2CCCN2C(=O)[C@H](CC(=O)O)NC(=O)[C@@H]2CSSC[C@H](N)C(=O)N[C@H]3CSSC[C@H](NC1=O)C(=O)N[C@@H]([C@@H](C)O)C(=O)NCC(=O)N[C@H](C(=O)N[C@@H](Cc1ccc(O)cc1)C(=O)O)CSSC[C@H](CC(=O)[C@H](Cc1ccc(O)cc1)NC(=O)[C@H](CCC(=O)O)NC3=O)C(=O)N2. The molecule has 0 aliphatic carbocycles. The number of aliphatic hydroxyl groups is 1. The van der Waals surface area contributed by atoms with E-state index in [9.17, 15) is 97.8 Å². The van der Waals surface area contributed by atoms with Crippen molar-refractivity contribution in [3.63, 3.8) is 0 Å². The fourth-order valence-electron chi connectivity index (χ4n) is 10.2. The summed E-state index contributed by atoms with van der Waals surface area (Å²) in [4.78, 5) is 226. The molecule has 0 spiro atoms. The predicted octanol–water partition coefficient (Wildman–Crippen LogP) is -4.25. The number of amides is 12. The number of aliphatic hydroxyl groups excluding tert-OH is 1. The van der Waals surface area contributed by atoms with Crippen LogP contribution in [-0.4, -0.2) is 256 Å². The molecule has 14 atom stereocenters. The minimum absolute atomic E-state index is 0.0337. The monoisotopic (exact) mass is 1530 g/mol. The number of phenols is 2. The van der Waals surface area contributed by atoms with E-state index in [0.29, 0.717) is 11.1 Å². The average molecular weight is 1530 g/mol. The summed E-state index contributed by atoms with van der Waals surface area (Å²) in [6, 6.07) is -9.81. The van der Waals surface area contributed by atoms with Crippen LogP contribution < -0.4 is 64.2 Å². The van der Waals surface area contributed by atoms with Gasteiger partial charge < -0.3 is 99.8 Å². The number of aliphatic carboxylic acids is 3. The van der Waals surface area contributed by atoms with Gasteiger partial charge in [0.15, 0.2) is 5.78 Å². The van der Waals surface area contributed by atoms with Crippen molar-refractivity contribution in [3.05, 3.63) is 59.7 Å². The lowest BCUT2D eigenvalue weighted by Gasteiger charge is -2.30. The van der Waals surface area contributed by atoms with Crippen LogP contribution in [0.3, 0.4) is 0 Å². The van der Waals surface area contributed by atoms with Crippen LogP contribution in [-0.2, 0) is 89.6 Å². The number of carboxylic acids is 3. The maximum absolute atomic E-state index is 15.2. The third kappa shape index (κ3) is 26.0. The van der Waals surface area contributed by atoms with E-state index in [1.807, 2.05) is 0 Å². The Morgan fingerprint density at radius 2 is 1.12 bits per heavy atom. The van der Waals surface area contributed by atoms with Gasteiger partial charge in [0.1, 0.15) is 71.9 Å². The molecule has 4 bridgehead atoms. The van der Waals surface area contributed by atoms with Gasteiger partial charge in [-0.15, -0.1) is 0 Å². The van der Waals surface area contributed by atoms with Crippen molar-refractivity contribution in [2.24, 2.45) is 11.7 Å². The van der Waals surface area contributed by atoms with Crippen molar-refractivity contribution >= 4 is 159 Å². The summed E-state index contributed by atoms with van der Waals surface area (Å²) >= 11 is 0. The number of phenolic OH excluding ortho intramolecular Hbond substituents is 2. The molecule has 19 N–H and O–H groups in total. The zero-order valence-electron chi connectivity index (χ0n) is 54.2. The van der Waals surface area contributed by atoms with Crippen LogP contribution >= 0.6 is 64.8 Å². The molecule has 0 unspecified atom stereocenters. The van der Waals surface area contributed by atoms with Gasteiger partial charge in [-0.2, -0.15) is 0 Å². The highest BCUT2D eigenvalue weighted by Crippen LogP contribution is 2.30. The molecule has 12 amide bonds. The molecule has 552 valence electrons. The highest BCUT2D eigenvalue weighted by atomic mass is 33.1. The van der Waals surface area contributed by atoms with Crippen LogP contribution in [0, 0.1) is 5.92 Å². The van der Waals surface area contributed by atoms with E-state index in [1.54, 1.807) is 0 Å². The normalized spacial score (nSPS) is 27.4. The molecule has 101 heavy (non-hydrogen) atoms. The Labute approximate surface area is 600 Å². The van der Waals surface area contributed by atoms with Crippen LogP contribution in [0.2, 0.25) is 0 Å². The number of rotatable bonds is 13. The van der Waals surface area contributed by atoms with Crippen molar-refractivity contribution in [1.82, 2.24) is 63.4 Å². The van der Waals surface area contributed by atoms with Gasteiger partial charge in [0.25, 0.3) is 0 Å². The Morgan fingerprint density at radius 1 is 0.584 bits per heavy atom. The molecule has 35 nitrogen and oxygen atoms in total. The molecule has 4 aliphatic rings. The highest BCUT2D eigenvalue weighted by molar-refractivity contribution is 8.77. The van der Waals surface area contributed by atoms with Crippen LogP contribution in [0.15, 0.2) is 48.5 Å². The Kier molecular flexibility index (Phi) is 32.2. The molecular weight excluding hydrogens is 1450 g/mol. The number of carbonyl (C=O) groups is 16. The molecule has 0 radical (unpaired) electrons. The van der Waals surface area contributed by atoms with Crippen molar-refractivity contribution in [3.8, 4) is 11.5 Å².